The molecule has 0 aliphatic rings. The quantitative estimate of drug-likeness (QED) is 0.398. The summed E-state index contributed by atoms with van der Waals surface area (Å²) in [5.74, 6) is 2.75. The van der Waals surface area contributed by atoms with E-state index in [2.05, 4.69) is 46.8 Å². The Morgan fingerprint density at radius 1 is 0.903 bits per heavy atom. The van der Waals surface area contributed by atoms with Crippen molar-refractivity contribution >= 4 is 19.4 Å². The van der Waals surface area contributed by atoms with Crippen molar-refractivity contribution in [1.29, 1.82) is 0 Å². The van der Waals surface area contributed by atoms with Crippen LogP contribution in [0.25, 0.3) is 0 Å². The Kier molecular flexibility index (Phi) is 11.9. The van der Waals surface area contributed by atoms with Crippen molar-refractivity contribution in [2.24, 2.45) is 11.8 Å². The summed E-state index contributed by atoms with van der Waals surface area (Å²) in [6.45, 7) is 16.2. The summed E-state index contributed by atoms with van der Waals surface area (Å²) in [6, 6.07) is 10.1. The second-order valence-electron chi connectivity index (χ2n) is 8.95. The Balaban J connectivity index is 0.00000480. The number of ether oxygens (including phenoxy) is 2. The number of rotatable bonds is 11. The zero-order valence-electron chi connectivity index (χ0n) is 21.6. The van der Waals surface area contributed by atoms with Crippen LogP contribution in [0.2, 0.25) is 0 Å². The number of benzene rings is 2. The van der Waals surface area contributed by atoms with E-state index >= 15 is 0 Å². The maximum Gasteiger partial charge on any atom is 1.00 e. The third kappa shape index (κ3) is 9.02. The van der Waals surface area contributed by atoms with Crippen LogP contribution in [0.1, 0.15) is 69.0 Å². The fraction of sp³-hybridized carbons (Fsp3) is 0.500. The van der Waals surface area contributed by atoms with Crippen LogP contribution in [0.3, 0.4) is 0 Å². The molecular weight excluding hydrogens is 398 g/mol. The van der Waals surface area contributed by atoms with E-state index in [0.717, 1.165) is 46.3 Å². The van der Waals surface area contributed by atoms with Crippen molar-refractivity contribution in [2.45, 2.75) is 61.3 Å². The molecule has 0 amide bonds. The largest absolute Gasteiger partial charge is 1.00 e. The van der Waals surface area contributed by atoms with Crippen LogP contribution in [0.15, 0.2) is 30.3 Å². The minimum absolute atomic E-state index is 0. The molecule has 0 aromatic heterocycles. The van der Waals surface area contributed by atoms with Gasteiger partial charge >= 0.3 is 18.9 Å². The van der Waals surface area contributed by atoms with Crippen molar-refractivity contribution in [3.05, 3.63) is 52.6 Å². The van der Waals surface area contributed by atoms with Crippen LogP contribution in [-0.4, -0.2) is 18.7 Å². The summed E-state index contributed by atoms with van der Waals surface area (Å²) in [5.41, 5.74) is 4.27. The molecule has 0 bridgehead atoms. The zero-order valence-corrected chi connectivity index (χ0v) is 21.6. The van der Waals surface area contributed by atoms with E-state index in [9.17, 15) is 4.79 Å². The molecular formula is C26H38LiO3P. The van der Waals surface area contributed by atoms with Crippen molar-refractivity contribution in [2.75, 3.05) is 13.2 Å². The minimum Gasteiger partial charge on any atom is -1.00 e. The van der Waals surface area contributed by atoms with Crippen LogP contribution in [-0.2, 0) is 0 Å². The molecule has 0 spiro atoms. The first-order valence-electron chi connectivity index (χ1n) is 11.0. The van der Waals surface area contributed by atoms with Gasteiger partial charge in [0.1, 0.15) is 11.5 Å². The van der Waals surface area contributed by atoms with E-state index in [1.165, 1.54) is 5.56 Å². The summed E-state index contributed by atoms with van der Waals surface area (Å²) in [4.78, 5) is 13.2. The predicted octanol–water partition coefficient (Wildman–Crippen LogP) is 3.72. The SMILES string of the molecule is Cc1cc(C)c(C(=O)Pc2ccc(OCCC(C)C)cc2OCCC(C)C)c(C)c1.[H-].[Li+]. The van der Waals surface area contributed by atoms with Gasteiger partial charge in [0.05, 0.1) is 13.2 Å². The molecule has 0 aliphatic carbocycles. The van der Waals surface area contributed by atoms with E-state index < -0.39 is 0 Å². The van der Waals surface area contributed by atoms with Crippen molar-refractivity contribution in [3.63, 3.8) is 0 Å². The van der Waals surface area contributed by atoms with Crippen LogP contribution < -0.4 is 33.6 Å². The molecule has 31 heavy (non-hydrogen) atoms. The number of carbonyl (C=O) groups is 1. The molecule has 0 saturated carbocycles. The summed E-state index contributed by atoms with van der Waals surface area (Å²) >= 11 is 0. The predicted molar refractivity (Wildman–Crippen MR) is 130 cm³/mol. The fourth-order valence-electron chi connectivity index (χ4n) is 3.36. The maximum atomic E-state index is 13.2. The molecule has 1 unspecified atom stereocenters. The number of aryl methyl sites for hydroxylation is 3. The first-order chi connectivity index (χ1) is 14.2. The Hall–Kier alpha value is -1.26. The van der Waals surface area contributed by atoms with Gasteiger partial charge in [-0.1, -0.05) is 45.4 Å². The molecule has 2 aromatic rings. The van der Waals surface area contributed by atoms with Gasteiger partial charge in [-0.25, -0.2) is 0 Å². The molecule has 0 heterocycles. The van der Waals surface area contributed by atoms with E-state index in [4.69, 9.17) is 9.47 Å². The first kappa shape index (κ1) is 27.8. The average Bonchev–Trinajstić information content (AvgIpc) is 2.62. The van der Waals surface area contributed by atoms with Crippen LogP contribution in [0.4, 0.5) is 0 Å². The molecule has 0 N–H and O–H groups in total. The normalized spacial score (nSPS) is 11.3. The molecule has 0 aliphatic heterocycles. The molecule has 2 aromatic carbocycles. The Morgan fingerprint density at radius 2 is 1.45 bits per heavy atom. The summed E-state index contributed by atoms with van der Waals surface area (Å²) in [6.07, 6.45) is 1.99. The maximum absolute atomic E-state index is 13.2. The van der Waals surface area contributed by atoms with Gasteiger partial charge in [0.25, 0.3) is 0 Å². The standard InChI is InChI=1S/C26H37O3P.Li.H/c1-17(2)10-12-28-22-8-9-24(23(16-22)29-13-11-18(3)4)30-26(27)25-20(6)14-19(5)15-21(25)7;;/h8-9,14-18,30H,10-13H2,1-7H3;;/q;+1;-1. The zero-order chi connectivity index (χ0) is 22.3. The van der Waals surface area contributed by atoms with Gasteiger partial charge in [-0.3, -0.25) is 4.79 Å². The third-order valence-corrected chi connectivity index (χ3v) is 6.18. The average molecular weight is 437 g/mol. The van der Waals surface area contributed by atoms with Crippen LogP contribution in [0.5, 0.6) is 11.5 Å². The van der Waals surface area contributed by atoms with Gasteiger partial charge in [0, 0.05) is 16.9 Å². The first-order valence-corrected chi connectivity index (χ1v) is 12.0. The molecule has 1 atom stereocenters. The molecule has 3 nitrogen and oxygen atoms in total. The second kappa shape index (κ2) is 13.3. The number of hydrogen-bond acceptors (Lipinski definition) is 3. The van der Waals surface area contributed by atoms with Crippen LogP contribution in [0, 0.1) is 32.6 Å². The molecule has 2 rings (SSSR count). The van der Waals surface area contributed by atoms with Gasteiger partial charge in [-0.15, -0.1) is 0 Å². The van der Waals surface area contributed by atoms with E-state index in [-0.39, 0.29) is 34.4 Å². The summed E-state index contributed by atoms with van der Waals surface area (Å²) < 4.78 is 12.0. The topological polar surface area (TPSA) is 35.5 Å². The fourth-order valence-corrected chi connectivity index (χ4v) is 4.55. The molecule has 0 radical (unpaired) electrons. The molecule has 0 saturated heterocycles. The van der Waals surface area contributed by atoms with Crippen LogP contribution >= 0.6 is 8.58 Å². The van der Waals surface area contributed by atoms with Gasteiger partial charge < -0.3 is 10.9 Å². The Bertz CT molecular complexity index is 845. The van der Waals surface area contributed by atoms with E-state index in [1.807, 2.05) is 32.0 Å². The van der Waals surface area contributed by atoms with Gasteiger partial charge in [-0.2, -0.15) is 0 Å². The van der Waals surface area contributed by atoms with E-state index in [0.29, 0.717) is 25.0 Å². The van der Waals surface area contributed by atoms with Crippen molar-refractivity contribution < 1.29 is 34.6 Å². The van der Waals surface area contributed by atoms with Crippen molar-refractivity contribution in [3.8, 4) is 11.5 Å². The second-order valence-corrected chi connectivity index (χ2v) is 10.2. The summed E-state index contributed by atoms with van der Waals surface area (Å²) in [7, 11) is 0.0251. The Labute approximate surface area is 204 Å². The number of hydrogen-bond donors (Lipinski definition) is 0. The van der Waals surface area contributed by atoms with Gasteiger partial charge in [-0.05, 0) is 77.3 Å². The van der Waals surface area contributed by atoms with Gasteiger partial charge in [0.2, 0.25) is 0 Å². The van der Waals surface area contributed by atoms with E-state index in [1.54, 1.807) is 0 Å². The molecule has 5 heteroatoms. The van der Waals surface area contributed by atoms with Gasteiger partial charge in [0.15, 0.2) is 5.52 Å². The smallest absolute Gasteiger partial charge is 1.00 e. The molecule has 166 valence electrons. The molecule has 0 fully saturated rings. The number of carbonyl (C=O) groups excluding carboxylic acids is 1. The van der Waals surface area contributed by atoms with Crippen molar-refractivity contribution in [1.82, 2.24) is 0 Å². The third-order valence-electron chi connectivity index (χ3n) is 5.02. The summed E-state index contributed by atoms with van der Waals surface area (Å²) in [5, 5.41) is 0.944. The monoisotopic (exact) mass is 436 g/mol. The minimum atomic E-state index is 0. The Morgan fingerprint density at radius 3 is 2.00 bits per heavy atom.